The number of hydrogen-bond acceptors (Lipinski definition) is 5. The van der Waals surface area contributed by atoms with Crippen LogP contribution in [0.1, 0.15) is 41.0 Å². The lowest BCUT2D eigenvalue weighted by Crippen LogP contribution is -2.29. The first-order valence-corrected chi connectivity index (χ1v) is 7.90. The highest BCUT2D eigenvalue weighted by Crippen LogP contribution is 2.34. The molecular formula is C15H20N6O3. The number of hydrogen-bond donors (Lipinski definition) is 2. The lowest BCUT2D eigenvalue weighted by molar-refractivity contribution is -0.138. The Morgan fingerprint density at radius 1 is 1.38 bits per heavy atom. The van der Waals surface area contributed by atoms with Crippen LogP contribution in [-0.2, 0) is 11.3 Å². The molecule has 0 aliphatic carbocycles. The summed E-state index contributed by atoms with van der Waals surface area (Å²) in [6.45, 7) is 5.35. The minimum Gasteiger partial charge on any atom is -0.481 e. The van der Waals surface area contributed by atoms with Crippen LogP contribution in [0.2, 0.25) is 0 Å². The standard InChI is InChI=1S/C15H20N6O3/c1-3-21-9(2)11(5-17-21)15(24)20-7-10(4-14(22)23)12(8-20)13-6-16-19-18-13/h5-6,10,12H,3-4,7-8H2,1-2H3,(H,22,23)(H,16,18,19)/t10-,12+/m0/s1. The van der Waals surface area contributed by atoms with E-state index in [4.69, 9.17) is 5.11 Å². The molecule has 1 aliphatic rings. The summed E-state index contributed by atoms with van der Waals surface area (Å²) in [5, 5.41) is 23.8. The normalized spacial score (nSPS) is 20.5. The van der Waals surface area contributed by atoms with Crippen LogP contribution in [0.4, 0.5) is 0 Å². The van der Waals surface area contributed by atoms with E-state index in [1.54, 1.807) is 22.0 Å². The predicted octanol–water partition coefficient (Wildman–Crippen LogP) is 0.660. The lowest BCUT2D eigenvalue weighted by atomic mass is 9.91. The number of carboxylic acid groups (broad SMARTS) is 1. The van der Waals surface area contributed by atoms with E-state index in [1.807, 2.05) is 13.8 Å². The molecule has 3 heterocycles. The summed E-state index contributed by atoms with van der Waals surface area (Å²) < 4.78 is 1.77. The fourth-order valence-corrected chi connectivity index (χ4v) is 3.34. The SMILES string of the molecule is CCn1ncc(C(=O)N2C[C@H](CC(=O)O)[C@H](c3cn[nH]n3)C2)c1C. The van der Waals surface area contributed by atoms with Gasteiger partial charge in [0.15, 0.2) is 0 Å². The van der Waals surface area contributed by atoms with Gasteiger partial charge in [-0.2, -0.15) is 20.5 Å². The number of nitrogens with one attached hydrogen (secondary N) is 1. The van der Waals surface area contributed by atoms with Gasteiger partial charge in [-0.3, -0.25) is 14.3 Å². The Kier molecular flexibility index (Phi) is 4.32. The van der Waals surface area contributed by atoms with Crippen LogP contribution >= 0.6 is 0 Å². The van der Waals surface area contributed by atoms with Gasteiger partial charge < -0.3 is 10.0 Å². The Labute approximate surface area is 138 Å². The molecule has 0 bridgehead atoms. The maximum absolute atomic E-state index is 12.8. The summed E-state index contributed by atoms with van der Waals surface area (Å²) in [6.07, 6.45) is 3.17. The van der Waals surface area contributed by atoms with Crippen molar-refractivity contribution in [3.8, 4) is 0 Å². The average molecular weight is 332 g/mol. The third kappa shape index (κ3) is 2.89. The molecule has 0 radical (unpaired) electrons. The minimum absolute atomic E-state index is 0.00545. The Hall–Kier alpha value is -2.71. The molecule has 0 saturated carbocycles. The molecule has 128 valence electrons. The number of likely N-dealkylation sites (tertiary alicyclic amines) is 1. The summed E-state index contributed by atoms with van der Waals surface area (Å²) in [6, 6.07) is 0. The van der Waals surface area contributed by atoms with Crippen LogP contribution < -0.4 is 0 Å². The number of H-pyrrole nitrogens is 1. The molecule has 0 aromatic carbocycles. The highest BCUT2D eigenvalue weighted by molar-refractivity contribution is 5.95. The molecule has 3 rings (SSSR count). The molecule has 1 aliphatic heterocycles. The van der Waals surface area contributed by atoms with Crippen molar-refractivity contribution in [3.05, 3.63) is 29.3 Å². The van der Waals surface area contributed by atoms with Gasteiger partial charge in [0.25, 0.3) is 5.91 Å². The molecule has 0 spiro atoms. The van der Waals surface area contributed by atoms with Gasteiger partial charge in [-0.25, -0.2) is 0 Å². The summed E-state index contributed by atoms with van der Waals surface area (Å²) in [5.74, 6) is -1.31. The quantitative estimate of drug-likeness (QED) is 0.830. The van der Waals surface area contributed by atoms with Gasteiger partial charge in [0.1, 0.15) is 0 Å². The Balaban J connectivity index is 1.82. The molecule has 2 N–H and O–H groups in total. The van der Waals surface area contributed by atoms with E-state index in [0.717, 1.165) is 5.69 Å². The largest absolute Gasteiger partial charge is 0.481 e. The Morgan fingerprint density at radius 3 is 2.75 bits per heavy atom. The first kappa shape index (κ1) is 16.2. The Morgan fingerprint density at radius 2 is 2.17 bits per heavy atom. The highest BCUT2D eigenvalue weighted by atomic mass is 16.4. The van der Waals surface area contributed by atoms with Crippen molar-refractivity contribution in [2.24, 2.45) is 5.92 Å². The summed E-state index contributed by atoms with van der Waals surface area (Å²) in [5.41, 5.74) is 2.08. The van der Waals surface area contributed by atoms with Crippen molar-refractivity contribution < 1.29 is 14.7 Å². The van der Waals surface area contributed by atoms with Crippen LogP contribution in [0.15, 0.2) is 12.4 Å². The molecule has 1 saturated heterocycles. The first-order chi connectivity index (χ1) is 11.5. The van der Waals surface area contributed by atoms with Gasteiger partial charge in [0.2, 0.25) is 0 Å². The zero-order chi connectivity index (χ0) is 17.3. The molecule has 2 aromatic heterocycles. The molecule has 2 atom stereocenters. The van der Waals surface area contributed by atoms with E-state index >= 15 is 0 Å². The fourth-order valence-electron chi connectivity index (χ4n) is 3.34. The maximum atomic E-state index is 12.8. The monoisotopic (exact) mass is 332 g/mol. The number of rotatable bonds is 5. The number of carboxylic acids is 1. The number of carbonyl (C=O) groups is 2. The fraction of sp³-hybridized carbons (Fsp3) is 0.533. The number of aromatic nitrogens is 5. The third-order valence-electron chi connectivity index (χ3n) is 4.61. The van der Waals surface area contributed by atoms with Crippen LogP contribution in [0.25, 0.3) is 0 Å². The van der Waals surface area contributed by atoms with Crippen molar-refractivity contribution in [1.29, 1.82) is 0 Å². The summed E-state index contributed by atoms with van der Waals surface area (Å²) >= 11 is 0. The number of nitrogens with zero attached hydrogens (tertiary/aromatic N) is 5. The van der Waals surface area contributed by atoms with Crippen molar-refractivity contribution in [2.75, 3.05) is 13.1 Å². The van der Waals surface area contributed by atoms with Gasteiger partial charge in [-0.1, -0.05) is 0 Å². The number of aromatic amines is 1. The van der Waals surface area contributed by atoms with Gasteiger partial charge in [0.05, 0.1) is 30.1 Å². The molecule has 9 nitrogen and oxygen atoms in total. The van der Waals surface area contributed by atoms with E-state index in [1.165, 1.54) is 0 Å². The average Bonchev–Trinajstić information content (AvgIpc) is 3.25. The number of carbonyl (C=O) groups excluding carboxylic acids is 1. The number of aryl methyl sites for hydroxylation is 1. The molecule has 2 aromatic rings. The second kappa shape index (κ2) is 6.42. The predicted molar refractivity (Wildman–Crippen MR) is 83.4 cm³/mol. The zero-order valence-corrected chi connectivity index (χ0v) is 13.6. The smallest absolute Gasteiger partial charge is 0.303 e. The van der Waals surface area contributed by atoms with Crippen LogP contribution in [0.5, 0.6) is 0 Å². The van der Waals surface area contributed by atoms with Crippen LogP contribution in [0, 0.1) is 12.8 Å². The van der Waals surface area contributed by atoms with Crippen molar-refractivity contribution in [3.63, 3.8) is 0 Å². The van der Waals surface area contributed by atoms with E-state index in [9.17, 15) is 9.59 Å². The summed E-state index contributed by atoms with van der Waals surface area (Å²) in [7, 11) is 0. The number of aliphatic carboxylic acids is 1. The highest BCUT2D eigenvalue weighted by Gasteiger charge is 2.39. The topological polar surface area (TPSA) is 117 Å². The third-order valence-corrected chi connectivity index (χ3v) is 4.61. The van der Waals surface area contributed by atoms with Crippen molar-refractivity contribution >= 4 is 11.9 Å². The Bertz CT molecular complexity index is 738. The number of amides is 1. The minimum atomic E-state index is -0.877. The zero-order valence-electron chi connectivity index (χ0n) is 13.6. The molecule has 1 amide bonds. The van der Waals surface area contributed by atoms with Gasteiger partial charge in [0, 0.05) is 31.2 Å². The second-order valence-electron chi connectivity index (χ2n) is 6.03. The molecule has 24 heavy (non-hydrogen) atoms. The van der Waals surface area contributed by atoms with Crippen LogP contribution in [0.3, 0.4) is 0 Å². The maximum Gasteiger partial charge on any atom is 0.303 e. The van der Waals surface area contributed by atoms with Gasteiger partial charge in [-0.15, -0.1) is 0 Å². The van der Waals surface area contributed by atoms with Gasteiger partial charge >= 0.3 is 5.97 Å². The van der Waals surface area contributed by atoms with Crippen molar-refractivity contribution in [2.45, 2.75) is 32.7 Å². The van der Waals surface area contributed by atoms with E-state index in [2.05, 4.69) is 20.5 Å². The molecular weight excluding hydrogens is 312 g/mol. The van der Waals surface area contributed by atoms with E-state index < -0.39 is 5.97 Å². The molecule has 9 heteroatoms. The van der Waals surface area contributed by atoms with Crippen molar-refractivity contribution in [1.82, 2.24) is 30.1 Å². The van der Waals surface area contributed by atoms with E-state index in [0.29, 0.717) is 30.9 Å². The lowest BCUT2D eigenvalue weighted by Gasteiger charge is -2.16. The molecule has 1 fully saturated rings. The van der Waals surface area contributed by atoms with Gasteiger partial charge in [-0.05, 0) is 19.8 Å². The van der Waals surface area contributed by atoms with E-state index in [-0.39, 0.29) is 24.2 Å². The van der Waals surface area contributed by atoms with Crippen LogP contribution in [-0.4, -0.2) is 60.2 Å². The summed E-state index contributed by atoms with van der Waals surface area (Å²) in [4.78, 5) is 25.7. The molecule has 0 unspecified atom stereocenters. The second-order valence-corrected chi connectivity index (χ2v) is 6.03. The first-order valence-electron chi connectivity index (χ1n) is 7.90.